The summed E-state index contributed by atoms with van der Waals surface area (Å²) in [6.07, 6.45) is 10.9. The third-order valence-corrected chi connectivity index (χ3v) is 2.75. The van der Waals surface area contributed by atoms with Gasteiger partial charge in [0, 0.05) is 11.5 Å². The Bertz CT molecular complexity index is 234. The minimum atomic E-state index is -0.239. The zero-order valence-electron chi connectivity index (χ0n) is 7.93. The highest BCUT2D eigenvalue weighted by molar-refractivity contribution is 5.21. The number of rotatable bonds is 1. The van der Waals surface area contributed by atoms with Crippen molar-refractivity contribution in [2.75, 3.05) is 0 Å². The van der Waals surface area contributed by atoms with Crippen LogP contribution in [0.15, 0.2) is 11.6 Å². The van der Waals surface area contributed by atoms with Crippen LogP contribution in [-0.4, -0.2) is 5.54 Å². The van der Waals surface area contributed by atoms with Crippen LogP contribution in [0.4, 0.5) is 0 Å². The van der Waals surface area contributed by atoms with Gasteiger partial charge in [-0.05, 0) is 33.1 Å². The Kier molecular flexibility index (Phi) is 2.59. The molecule has 0 radical (unpaired) electrons. The Morgan fingerprint density at radius 1 is 1.75 bits per heavy atom. The summed E-state index contributed by atoms with van der Waals surface area (Å²) in [6.45, 7) is 4.15. The molecule has 1 heteroatoms. The van der Waals surface area contributed by atoms with Crippen LogP contribution in [-0.2, 0) is 0 Å². The summed E-state index contributed by atoms with van der Waals surface area (Å²) < 4.78 is 0. The van der Waals surface area contributed by atoms with E-state index in [9.17, 15) is 0 Å². The summed E-state index contributed by atoms with van der Waals surface area (Å²) in [7, 11) is 0. The fraction of sp³-hybridized carbons (Fsp3) is 0.636. The standard InChI is InChI=1S/C11H17N/c1-4-10(3)11(12)7-5-6-9(2)8-11/h1,8,10H,5-7,12H2,2-3H3. The maximum atomic E-state index is 6.18. The van der Waals surface area contributed by atoms with Crippen molar-refractivity contribution in [1.82, 2.24) is 0 Å². The fourth-order valence-electron chi connectivity index (χ4n) is 1.77. The van der Waals surface area contributed by atoms with Crippen molar-refractivity contribution in [2.24, 2.45) is 11.7 Å². The van der Waals surface area contributed by atoms with Gasteiger partial charge in [0.1, 0.15) is 0 Å². The third-order valence-electron chi connectivity index (χ3n) is 2.75. The molecule has 0 saturated heterocycles. The maximum Gasteiger partial charge on any atom is 0.0478 e. The minimum absolute atomic E-state index is 0.146. The van der Waals surface area contributed by atoms with Crippen molar-refractivity contribution in [1.29, 1.82) is 0 Å². The first-order chi connectivity index (χ1) is 5.58. The average Bonchev–Trinajstić information content (AvgIpc) is 2.02. The Morgan fingerprint density at radius 2 is 2.42 bits per heavy atom. The Balaban J connectivity index is 2.84. The van der Waals surface area contributed by atoms with E-state index >= 15 is 0 Å². The third kappa shape index (κ3) is 1.70. The zero-order valence-corrected chi connectivity index (χ0v) is 7.93. The van der Waals surface area contributed by atoms with Gasteiger partial charge in [0.25, 0.3) is 0 Å². The predicted octanol–water partition coefficient (Wildman–Crippen LogP) is 2.08. The highest BCUT2D eigenvalue weighted by Crippen LogP contribution is 2.29. The summed E-state index contributed by atoms with van der Waals surface area (Å²) in [5, 5.41) is 0. The Morgan fingerprint density at radius 3 is 2.92 bits per heavy atom. The summed E-state index contributed by atoms with van der Waals surface area (Å²) in [6, 6.07) is 0. The van der Waals surface area contributed by atoms with Gasteiger partial charge in [-0.25, -0.2) is 0 Å². The summed E-state index contributed by atoms with van der Waals surface area (Å²) >= 11 is 0. The van der Waals surface area contributed by atoms with Crippen molar-refractivity contribution in [2.45, 2.75) is 38.6 Å². The highest BCUT2D eigenvalue weighted by Gasteiger charge is 2.30. The molecule has 1 aliphatic carbocycles. The van der Waals surface area contributed by atoms with E-state index in [4.69, 9.17) is 12.2 Å². The molecule has 0 amide bonds. The SMILES string of the molecule is C#CC(C)C1(N)C=C(C)CCC1. The van der Waals surface area contributed by atoms with Crippen LogP contribution in [0.5, 0.6) is 0 Å². The monoisotopic (exact) mass is 163 g/mol. The molecule has 0 aromatic carbocycles. The van der Waals surface area contributed by atoms with E-state index in [1.807, 2.05) is 6.92 Å². The first-order valence-electron chi connectivity index (χ1n) is 4.52. The Hall–Kier alpha value is -0.740. The molecule has 1 aliphatic rings. The summed E-state index contributed by atoms with van der Waals surface area (Å²) in [4.78, 5) is 0. The molecule has 1 rings (SSSR count). The molecule has 2 unspecified atom stereocenters. The van der Waals surface area contributed by atoms with Crippen LogP contribution >= 0.6 is 0 Å². The first kappa shape index (κ1) is 9.35. The molecule has 0 saturated carbocycles. The van der Waals surface area contributed by atoms with Gasteiger partial charge in [-0.15, -0.1) is 12.3 Å². The molecule has 0 bridgehead atoms. The van der Waals surface area contributed by atoms with Gasteiger partial charge in [0.2, 0.25) is 0 Å². The molecule has 0 aliphatic heterocycles. The lowest BCUT2D eigenvalue weighted by Crippen LogP contribution is -2.45. The molecule has 0 spiro atoms. The van der Waals surface area contributed by atoms with Crippen LogP contribution in [0.1, 0.15) is 33.1 Å². The van der Waals surface area contributed by atoms with Crippen LogP contribution in [0.3, 0.4) is 0 Å². The number of hydrogen-bond donors (Lipinski definition) is 1. The van der Waals surface area contributed by atoms with Gasteiger partial charge >= 0.3 is 0 Å². The number of allylic oxidation sites excluding steroid dienone is 1. The smallest absolute Gasteiger partial charge is 0.0478 e. The quantitative estimate of drug-likeness (QED) is 0.465. The molecule has 0 heterocycles. The lowest BCUT2D eigenvalue weighted by atomic mass is 9.77. The second-order valence-corrected chi connectivity index (χ2v) is 3.84. The molecule has 12 heavy (non-hydrogen) atoms. The molecule has 0 aromatic heterocycles. The van der Waals surface area contributed by atoms with Crippen molar-refractivity contribution in [3.63, 3.8) is 0 Å². The van der Waals surface area contributed by atoms with Gasteiger partial charge in [-0.1, -0.05) is 11.6 Å². The Labute approximate surface area is 75.0 Å². The lowest BCUT2D eigenvalue weighted by molar-refractivity contribution is 0.373. The summed E-state index contributed by atoms with van der Waals surface area (Å²) in [5.74, 6) is 2.87. The summed E-state index contributed by atoms with van der Waals surface area (Å²) in [5.41, 5.74) is 7.33. The van der Waals surface area contributed by atoms with Crippen LogP contribution < -0.4 is 5.73 Å². The van der Waals surface area contributed by atoms with Crippen LogP contribution in [0.25, 0.3) is 0 Å². The van der Waals surface area contributed by atoms with Crippen molar-refractivity contribution in [3.8, 4) is 12.3 Å². The second-order valence-electron chi connectivity index (χ2n) is 3.84. The molecular weight excluding hydrogens is 146 g/mol. The van der Waals surface area contributed by atoms with E-state index < -0.39 is 0 Å². The second kappa shape index (κ2) is 3.33. The molecule has 66 valence electrons. The van der Waals surface area contributed by atoms with E-state index in [1.54, 1.807) is 0 Å². The number of nitrogens with two attached hydrogens (primary N) is 1. The van der Waals surface area contributed by atoms with E-state index in [-0.39, 0.29) is 11.5 Å². The van der Waals surface area contributed by atoms with Gasteiger partial charge in [0.15, 0.2) is 0 Å². The predicted molar refractivity (Wildman–Crippen MR) is 52.5 cm³/mol. The van der Waals surface area contributed by atoms with E-state index in [0.29, 0.717) is 0 Å². The molecule has 2 atom stereocenters. The van der Waals surface area contributed by atoms with E-state index in [2.05, 4.69) is 18.9 Å². The highest BCUT2D eigenvalue weighted by atomic mass is 14.7. The fourth-order valence-corrected chi connectivity index (χ4v) is 1.77. The van der Waals surface area contributed by atoms with Crippen molar-refractivity contribution < 1.29 is 0 Å². The molecule has 0 aromatic rings. The van der Waals surface area contributed by atoms with Crippen LogP contribution in [0, 0.1) is 18.3 Å². The normalized spacial score (nSPS) is 32.0. The number of hydrogen-bond acceptors (Lipinski definition) is 1. The molecule has 2 N–H and O–H groups in total. The molecular formula is C11H17N. The largest absolute Gasteiger partial charge is 0.321 e. The van der Waals surface area contributed by atoms with Crippen LogP contribution in [0.2, 0.25) is 0 Å². The average molecular weight is 163 g/mol. The van der Waals surface area contributed by atoms with Gasteiger partial charge in [-0.3, -0.25) is 0 Å². The number of terminal acetylenes is 1. The van der Waals surface area contributed by atoms with Gasteiger partial charge < -0.3 is 5.73 Å². The molecule has 0 fully saturated rings. The van der Waals surface area contributed by atoms with Gasteiger partial charge in [-0.2, -0.15) is 0 Å². The van der Waals surface area contributed by atoms with E-state index in [0.717, 1.165) is 6.42 Å². The first-order valence-corrected chi connectivity index (χ1v) is 4.52. The molecule has 1 nitrogen and oxygen atoms in total. The zero-order chi connectivity index (χ0) is 9.19. The van der Waals surface area contributed by atoms with Crippen molar-refractivity contribution >= 4 is 0 Å². The lowest BCUT2D eigenvalue weighted by Gasteiger charge is -2.33. The maximum absolute atomic E-state index is 6.18. The van der Waals surface area contributed by atoms with E-state index in [1.165, 1.54) is 18.4 Å². The topological polar surface area (TPSA) is 26.0 Å². The van der Waals surface area contributed by atoms with Gasteiger partial charge in [0.05, 0.1) is 0 Å². The van der Waals surface area contributed by atoms with Crippen molar-refractivity contribution in [3.05, 3.63) is 11.6 Å². The minimum Gasteiger partial charge on any atom is -0.321 e.